The second-order valence-electron chi connectivity index (χ2n) is 3.94. The first-order valence-electron chi connectivity index (χ1n) is 5.50. The highest BCUT2D eigenvalue weighted by molar-refractivity contribution is 8.00. The molecule has 0 aromatic carbocycles. The van der Waals surface area contributed by atoms with Gasteiger partial charge in [0.15, 0.2) is 0 Å². The van der Waals surface area contributed by atoms with Gasteiger partial charge in [-0.05, 0) is 30.2 Å². The van der Waals surface area contributed by atoms with E-state index < -0.39 is 0 Å². The van der Waals surface area contributed by atoms with E-state index in [2.05, 4.69) is 15.5 Å². The van der Waals surface area contributed by atoms with Gasteiger partial charge in [-0.25, -0.2) is 4.68 Å². The summed E-state index contributed by atoms with van der Waals surface area (Å²) in [5.74, 6) is -0.373. The molecule has 0 aliphatic carbocycles. The standard InChI is InChI=1S/C9H15N5O2S/c1-6(8(10)15)17-9-11-12-13-14(9)5-7-3-2-4-16-7/h6-7H,2-5H2,1H3,(H2,10,15)/t6-,7+/m0/s1. The van der Waals surface area contributed by atoms with Gasteiger partial charge in [0.2, 0.25) is 11.1 Å². The van der Waals surface area contributed by atoms with Crippen LogP contribution in [0.25, 0.3) is 0 Å². The van der Waals surface area contributed by atoms with E-state index in [1.165, 1.54) is 11.8 Å². The molecule has 0 unspecified atom stereocenters. The van der Waals surface area contributed by atoms with Crippen molar-refractivity contribution in [1.29, 1.82) is 0 Å². The van der Waals surface area contributed by atoms with Gasteiger partial charge in [-0.1, -0.05) is 11.8 Å². The van der Waals surface area contributed by atoms with Gasteiger partial charge >= 0.3 is 0 Å². The summed E-state index contributed by atoms with van der Waals surface area (Å²) in [7, 11) is 0. The van der Waals surface area contributed by atoms with E-state index in [0.29, 0.717) is 11.7 Å². The van der Waals surface area contributed by atoms with E-state index in [1.807, 2.05) is 0 Å². The summed E-state index contributed by atoms with van der Waals surface area (Å²) < 4.78 is 7.18. The predicted molar refractivity (Wildman–Crippen MR) is 61.3 cm³/mol. The lowest BCUT2D eigenvalue weighted by Crippen LogP contribution is -2.24. The van der Waals surface area contributed by atoms with Crippen LogP contribution in [-0.4, -0.2) is 44.1 Å². The van der Waals surface area contributed by atoms with Crippen molar-refractivity contribution in [3.05, 3.63) is 0 Å². The van der Waals surface area contributed by atoms with Gasteiger partial charge in [0.1, 0.15) is 0 Å². The molecule has 2 heterocycles. The van der Waals surface area contributed by atoms with Crippen LogP contribution in [0.15, 0.2) is 5.16 Å². The van der Waals surface area contributed by atoms with Crippen molar-refractivity contribution < 1.29 is 9.53 Å². The Balaban J connectivity index is 1.98. The number of aromatic nitrogens is 4. The van der Waals surface area contributed by atoms with Crippen LogP contribution in [0, 0.1) is 0 Å². The number of rotatable bonds is 5. The fraction of sp³-hybridized carbons (Fsp3) is 0.778. The minimum Gasteiger partial charge on any atom is -0.376 e. The molecule has 1 aromatic rings. The maximum Gasteiger partial charge on any atom is 0.230 e. The summed E-state index contributed by atoms with van der Waals surface area (Å²) in [6.07, 6.45) is 2.27. The topological polar surface area (TPSA) is 95.9 Å². The van der Waals surface area contributed by atoms with Gasteiger partial charge in [0.25, 0.3) is 0 Å². The number of amides is 1. The molecule has 1 saturated heterocycles. The van der Waals surface area contributed by atoms with Crippen LogP contribution < -0.4 is 5.73 Å². The number of carbonyl (C=O) groups is 1. The SMILES string of the molecule is C[C@H](Sc1nnnn1C[C@H]1CCCO1)C(N)=O. The van der Waals surface area contributed by atoms with E-state index in [9.17, 15) is 4.79 Å². The molecular formula is C9H15N5O2S. The Morgan fingerprint density at radius 2 is 2.59 bits per heavy atom. The molecule has 1 fully saturated rings. The lowest BCUT2D eigenvalue weighted by Gasteiger charge is -2.11. The van der Waals surface area contributed by atoms with Crippen LogP contribution in [0.1, 0.15) is 19.8 Å². The number of tetrazole rings is 1. The van der Waals surface area contributed by atoms with Gasteiger partial charge < -0.3 is 10.5 Å². The molecule has 1 amide bonds. The van der Waals surface area contributed by atoms with Crippen molar-refractivity contribution in [3.63, 3.8) is 0 Å². The van der Waals surface area contributed by atoms with Crippen LogP contribution in [0.5, 0.6) is 0 Å². The van der Waals surface area contributed by atoms with Crippen molar-refractivity contribution >= 4 is 17.7 Å². The second kappa shape index (κ2) is 5.46. The first-order valence-corrected chi connectivity index (χ1v) is 6.38. The normalized spacial score (nSPS) is 21.6. The Morgan fingerprint density at radius 1 is 1.76 bits per heavy atom. The van der Waals surface area contributed by atoms with Crippen LogP contribution in [0.2, 0.25) is 0 Å². The third kappa shape index (κ3) is 3.16. The average molecular weight is 257 g/mol. The summed E-state index contributed by atoms with van der Waals surface area (Å²) in [6, 6.07) is 0. The lowest BCUT2D eigenvalue weighted by atomic mass is 10.2. The van der Waals surface area contributed by atoms with Gasteiger partial charge in [-0.2, -0.15) is 0 Å². The van der Waals surface area contributed by atoms with Crippen LogP contribution in [0.4, 0.5) is 0 Å². The molecule has 2 atom stereocenters. The second-order valence-corrected chi connectivity index (χ2v) is 5.25. The first kappa shape index (κ1) is 12.3. The molecule has 7 nitrogen and oxygen atoms in total. The highest BCUT2D eigenvalue weighted by atomic mass is 32.2. The molecule has 8 heteroatoms. The highest BCUT2D eigenvalue weighted by Crippen LogP contribution is 2.21. The van der Waals surface area contributed by atoms with Crippen molar-refractivity contribution in [2.24, 2.45) is 5.73 Å². The summed E-state index contributed by atoms with van der Waals surface area (Å²) in [5.41, 5.74) is 5.20. The number of primary amides is 1. The summed E-state index contributed by atoms with van der Waals surface area (Å²) in [6.45, 7) is 3.16. The number of nitrogens with zero attached hydrogens (tertiary/aromatic N) is 4. The highest BCUT2D eigenvalue weighted by Gasteiger charge is 2.21. The van der Waals surface area contributed by atoms with Gasteiger partial charge in [0.05, 0.1) is 17.9 Å². The molecule has 1 aliphatic heterocycles. The quantitative estimate of drug-likeness (QED) is 0.735. The molecule has 94 valence electrons. The third-order valence-corrected chi connectivity index (χ3v) is 3.67. The zero-order valence-electron chi connectivity index (χ0n) is 9.57. The number of thioether (sulfide) groups is 1. The Hall–Kier alpha value is -1.15. The Kier molecular flexibility index (Phi) is 3.95. The maximum absolute atomic E-state index is 11.0. The number of carbonyl (C=O) groups excluding carboxylic acids is 1. The maximum atomic E-state index is 11.0. The fourth-order valence-corrected chi connectivity index (χ4v) is 2.34. The molecule has 2 N–H and O–H groups in total. The first-order chi connectivity index (χ1) is 8.16. The van der Waals surface area contributed by atoms with Crippen molar-refractivity contribution in [2.45, 2.75) is 42.8 Å². The van der Waals surface area contributed by atoms with E-state index in [1.54, 1.807) is 11.6 Å². The summed E-state index contributed by atoms with van der Waals surface area (Å²) in [5, 5.41) is 11.6. The van der Waals surface area contributed by atoms with Gasteiger partial charge in [-0.15, -0.1) is 5.10 Å². The number of hydrogen-bond acceptors (Lipinski definition) is 6. The Morgan fingerprint density at radius 3 is 3.24 bits per heavy atom. The molecular weight excluding hydrogens is 242 g/mol. The summed E-state index contributed by atoms with van der Waals surface area (Å²) >= 11 is 1.27. The lowest BCUT2D eigenvalue weighted by molar-refractivity contribution is -0.117. The molecule has 1 aliphatic rings. The van der Waals surface area contributed by atoms with Gasteiger partial charge in [-0.3, -0.25) is 4.79 Å². The Labute approximate surface area is 103 Å². The van der Waals surface area contributed by atoms with E-state index in [4.69, 9.17) is 10.5 Å². The van der Waals surface area contributed by atoms with Gasteiger partial charge in [0, 0.05) is 6.61 Å². The van der Waals surface area contributed by atoms with E-state index in [-0.39, 0.29) is 17.3 Å². The molecule has 17 heavy (non-hydrogen) atoms. The van der Waals surface area contributed by atoms with E-state index in [0.717, 1.165) is 19.4 Å². The summed E-state index contributed by atoms with van der Waals surface area (Å²) in [4.78, 5) is 11.0. The molecule has 0 bridgehead atoms. The smallest absolute Gasteiger partial charge is 0.230 e. The number of hydrogen-bond donors (Lipinski definition) is 1. The number of nitrogens with two attached hydrogens (primary N) is 1. The minimum absolute atomic E-state index is 0.168. The van der Waals surface area contributed by atoms with Crippen molar-refractivity contribution in [1.82, 2.24) is 20.2 Å². The zero-order chi connectivity index (χ0) is 12.3. The molecule has 0 radical (unpaired) electrons. The molecule has 2 rings (SSSR count). The third-order valence-electron chi connectivity index (χ3n) is 2.58. The van der Waals surface area contributed by atoms with Crippen molar-refractivity contribution in [3.8, 4) is 0 Å². The Bertz CT molecular complexity index is 390. The number of ether oxygens (including phenoxy) is 1. The minimum atomic E-state index is -0.373. The van der Waals surface area contributed by atoms with Crippen LogP contribution >= 0.6 is 11.8 Å². The zero-order valence-corrected chi connectivity index (χ0v) is 10.4. The van der Waals surface area contributed by atoms with E-state index >= 15 is 0 Å². The predicted octanol–water partition coefficient (Wildman–Crippen LogP) is -0.182. The monoisotopic (exact) mass is 257 g/mol. The largest absolute Gasteiger partial charge is 0.376 e. The fourth-order valence-electron chi connectivity index (χ4n) is 1.59. The molecule has 0 spiro atoms. The van der Waals surface area contributed by atoms with Crippen LogP contribution in [-0.2, 0) is 16.1 Å². The average Bonchev–Trinajstić information content (AvgIpc) is 2.91. The van der Waals surface area contributed by atoms with Crippen LogP contribution in [0.3, 0.4) is 0 Å². The molecule has 1 aromatic heterocycles. The van der Waals surface area contributed by atoms with Crippen molar-refractivity contribution in [2.75, 3.05) is 6.61 Å². The molecule has 0 saturated carbocycles.